The van der Waals surface area contributed by atoms with Crippen LogP contribution in [0.25, 0.3) is 11.1 Å². The normalized spacial score (nSPS) is 13.8. The molecular weight excluding hydrogens is 368 g/mol. The van der Waals surface area contributed by atoms with Crippen LogP contribution in [-0.4, -0.2) is 15.4 Å². The molecule has 0 fully saturated rings. The molecule has 0 saturated heterocycles. The molecule has 0 N–H and O–H groups in total. The molecule has 19 heavy (non-hydrogen) atoms. The van der Waals surface area contributed by atoms with Crippen molar-refractivity contribution in [2.45, 2.75) is 16.6 Å². The number of rotatable bonds is 4. The first-order valence-electron chi connectivity index (χ1n) is 6.07. The van der Waals surface area contributed by atoms with Crippen molar-refractivity contribution in [3.8, 4) is 11.1 Å². The van der Waals surface area contributed by atoms with Gasteiger partial charge in [0.2, 0.25) is 0 Å². The van der Waals surface area contributed by atoms with Crippen LogP contribution in [0, 0.1) is 0 Å². The number of ketones is 1. The number of halogens is 2. The maximum absolute atomic E-state index is 12.2. The predicted molar refractivity (Wildman–Crippen MR) is 87.3 cm³/mol. The summed E-state index contributed by atoms with van der Waals surface area (Å²) >= 11 is 6.83. The van der Waals surface area contributed by atoms with Crippen molar-refractivity contribution in [2.75, 3.05) is 0 Å². The Kier molecular flexibility index (Phi) is 4.94. The van der Waals surface area contributed by atoms with Gasteiger partial charge in [0.1, 0.15) is 0 Å². The fourth-order valence-electron chi connectivity index (χ4n) is 1.83. The molecular formula is C16H14Br2O. The highest BCUT2D eigenvalue weighted by Crippen LogP contribution is 2.22. The molecule has 0 bridgehead atoms. The second-order valence-electron chi connectivity index (χ2n) is 4.39. The Labute approximate surface area is 130 Å². The van der Waals surface area contributed by atoms with Crippen molar-refractivity contribution >= 4 is 37.6 Å². The summed E-state index contributed by atoms with van der Waals surface area (Å²) in [4.78, 5) is 12.1. The number of hydrogen-bond acceptors (Lipinski definition) is 1. The van der Waals surface area contributed by atoms with Gasteiger partial charge in [-0.25, -0.2) is 0 Å². The van der Waals surface area contributed by atoms with Crippen molar-refractivity contribution in [1.29, 1.82) is 0 Å². The number of Topliss-reactive ketones (excluding diaryl/α,β-unsaturated/α-hetero) is 1. The van der Waals surface area contributed by atoms with E-state index in [1.54, 1.807) is 0 Å². The van der Waals surface area contributed by atoms with Gasteiger partial charge >= 0.3 is 0 Å². The van der Waals surface area contributed by atoms with Gasteiger partial charge in [-0.2, -0.15) is 0 Å². The van der Waals surface area contributed by atoms with Crippen LogP contribution in [-0.2, 0) is 0 Å². The maximum Gasteiger partial charge on any atom is 0.177 e. The SMILES string of the molecule is C[C@H](Br)[C@@H](Br)C(=O)c1ccc(-c2ccccc2)cc1. The number of alkyl halides is 2. The maximum atomic E-state index is 12.2. The predicted octanol–water partition coefficient (Wildman–Crippen LogP) is 5.08. The zero-order valence-electron chi connectivity index (χ0n) is 10.5. The largest absolute Gasteiger partial charge is 0.293 e. The van der Waals surface area contributed by atoms with Gasteiger partial charge in [-0.15, -0.1) is 0 Å². The lowest BCUT2D eigenvalue weighted by molar-refractivity contribution is 0.0992. The van der Waals surface area contributed by atoms with Crippen LogP contribution in [0.2, 0.25) is 0 Å². The van der Waals surface area contributed by atoms with Gasteiger partial charge in [-0.1, -0.05) is 93.4 Å². The summed E-state index contributed by atoms with van der Waals surface area (Å²) in [6.07, 6.45) is 0. The minimum absolute atomic E-state index is 0.101. The third-order valence-electron chi connectivity index (χ3n) is 2.93. The number of carbonyl (C=O) groups is 1. The standard InChI is InChI=1S/C16H14Br2O/c1-11(17)15(18)16(19)14-9-7-13(8-10-14)12-5-3-2-4-6-12/h2-11,15H,1H3/t11-,15+/m0/s1. The lowest BCUT2D eigenvalue weighted by atomic mass is 10.0. The average molecular weight is 382 g/mol. The molecule has 0 aromatic heterocycles. The third-order valence-corrected chi connectivity index (χ3v) is 5.38. The van der Waals surface area contributed by atoms with Crippen molar-refractivity contribution < 1.29 is 4.79 Å². The summed E-state index contributed by atoms with van der Waals surface area (Å²) in [6, 6.07) is 17.9. The van der Waals surface area contributed by atoms with Gasteiger partial charge in [0, 0.05) is 10.4 Å². The second kappa shape index (κ2) is 6.49. The summed E-state index contributed by atoms with van der Waals surface area (Å²) < 4.78 is 0. The Morgan fingerprint density at radius 2 is 1.42 bits per heavy atom. The zero-order valence-corrected chi connectivity index (χ0v) is 13.7. The highest BCUT2D eigenvalue weighted by molar-refractivity contribution is 9.12. The summed E-state index contributed by atoms with van der Waals surface area (Å²) in [5.74, 6) is 0.101. The first kappa shape index (κ1) is 14.5. The number of benzene rings is 2. The zero-order chi connectivity index (χ0) is 13.8. The van der Waals surface area contributed by atoms with Crippen LogP contribution in [0.15, 0.2) is 54.6 Å². The molecule has 2 rings (SSSR count). The molecule has 0 heterocycles. The topological polar surface area (TPSA) is 17.1 Å². The molecule has 0 radical (unpaired) electrons. The Morgan fingerprint density at radius 3 is 1.95 bits per heavy atom. The Balaban J connectivity index is 2.22. The van der Waals surface area contributed by atoms with Gasteiger partial charge in [-0.05, 0) is 11.1 Å². The molecule has 0 aliphatic rings. The fraction of sp³-hybridized carbons (Fsp3) is 0.188. The van der Waals surface area contributed by atoms with Crippen LogP contribution in [0.4, 0.5) is 0 Å². The smallest absolute Gasteiger partial charge is 0.177 e. The molecule has 3 heteroatoms. The lowest BCUT2D eigenvalue weighted by Crippen LogP contribution is -2.21. The van der Waals surface area contributed by atoms with E-state index in [9.17, 15) is 4.79 Å². The van der Waals surface area contributed by atoms with E-state index in [-0.39, 0.29) is 15.4 Å². The van der Waals surface area contributed by atoms with E-state index in [4.69, 9.17) is 0 Å². The number of hydrogen-bond donors (Lipinski definition) is 0. The lowest BCUT2D eigenvalue weighted by Gasteiger charge is -2.11. The number of carbonyl (C=O) groups excluding carboxylic acids is 1. The molecule has 1 nitrogen and oxygen atoms in total. The Morgan fingerprint density at radius 1 is 0.895 bits per heavy atom. The fourth-order valence-corrected chi connectivity index (χ4v) is 2.33. The average Bonchev–Trinajstić information content (AvgIpc) is 2.46. The van der Waals surface area contributed by atoms with Crippen molar-refractivity contribution in [2.24, 2.45) is 0 Å². The molecule has 0 aliphatic carbocycles. The van der Waals surface area contributed by atoms with Crippen LogP contribution < -0.4 is 0 Å². The van der Waals surface area contributed by atoms with E-state index in [1.165, 1.54) is 0 Å². The van der Waals surface area contributed by atoms with Gasteiger partial charge in [0.25, 0.3) is 0 Å². The molecule has 98 valence electrons. The van der Waals surface area contributed by atoms with E-state index in [0.717, 1.165) is 16.7 Å². The summed E-state index contributed by atoms with van der Waals surface area (Å²) in [6.45, 7) is 1.95. The molecule has 2 aromatic carbocycles. The quantitative estimate of drug-likeness (QED) is 0.532. The van der Waals surface area contributed by atoms with E-state index in [1.807, 2.05) is 49.4 Å². The van der Waals surface area contributed by atoms with Gasteiger partial charge < -0.3 is 0 Å². The molecule has 0 spiro atoms. The molecule has 2 aromatic rings. The highest BCUT2D eigenvalue weighted by atomic mass is 79.9. The van der Waals surface area contributed by atoms with Crippen LogP contribution >= 0.6 is 31.9 Å². The van der Waals surface area contributed by atoms with Crippen LogP contribution in [0.5, 0.6) is 0 Å². The summed E-state index contributed by atoms with van der Waals surface area (Å²) in [5, 5.41) is 0. The van der Waals surface area contributed by atoms with Gasteiger partial charge in [0.05, 0.1) is 4.83 Å². The highest BCUT2D eigenvalue weighted by Gasteiger charge is 2.21. The van der Waals surface area contributed by atoms with Crippen LogP contribution in [0.1, 0.15) is 17.3 Å². The minimum atomic E-state index is -0.199. The third kappa shape index (κ3) is 3.54. The minimum Gasteiger partial charge on any atom is -0.293 e. The monoisotopic (exact) mass is 380 g/mol. The van der Waals surface area contributed by atoms with E-state index < -0.39 is 0 Å². The molecule has 2 atom stereocenters. The van der Waals surface area contributed by atoms with E-state index in [0.29, 0.717) is 0 Å². The first-order chi connectivity index (χ1) is 9.09. The molecule has 0 saturated carbocycles. The van der Waals surface area contributed by atoms with E-state index in [2.05, 4.69) is 44.0 Å². The van der Waals surface area contributed by atoms with Crippen molar-refractivity contribution in [3.05, 3.63) is 60.2 Å². The summed E-state index contributed by atoms with van der Waals surface area (Å²) in [5.41, 5.74) is 3.01. The van der Waals surface area contributed by atoms with Crippen molar-refractivity contribution in [3.63, 3.8) is 0 Å². The van der Waals surface area contributed by atoms with Crippen LogP contribution in [0.3, 0.4) is 0 Å². The van der Waals surface area contributed by atoms with Crippen molar-refractivity contribution in [1.82, 2.24) is 0 Å². The first-order valence-corrected chi connectivity index (χ1v) is 7.90. The Bertz CT molecular complexity index is 547. The van der Waals surface area contributed by atoms with Gasteiger partial charge in [0.15, 0.2) is 5.78 Å². The van der Waals surface area contributed by atoms with E-state index >= 15 is 0 Å². The molecule has 0 amide bonds. The second-order valence-corrected chi connectivity index (χ2v) is 6.82. The molecule has 0 unspecified atom stereocenters. The van der Waals surface area contributed by atoms with Gasteiger partial charge in [-0.3, -0.25) is 4.79 Å². The summed E-state index contributed by atoms with van der Waals surface area (Å²) in [7, 11) is 0. The molecule has 0 aliphatic heterocycles. The Hall–Kier alpha value is -0.930.